The molecule has 2 atom stereocenters. The van der Waals surface area contributed by atoms with Crippen molar-refractivity contribution in [3.05, 3.63) is 29.8 Å². The Labute approximate surface area is 112 Å². The summed E-state index contributed by atoms with van der Waals surface area (Å²) in [5.74, 6) is -1.68. The van der Waals surface area contributed by atoms with Crippen molar-refractivity contribution >= 4 is 17.6 Å². The monoisotopic (exact) mass is 259 g/mol. The Morgan fingerprint density at radius 1 is 1.16 bits per heavy atom. The van der Waals surface area contributed by atoms with Gasteiger partial charge in [0.2, 0.25) is 5.91 Å². The minimum Gasteiger partial charge on any atom is -0.481 e. The van der Waals surface area contributed by atoms with E-state index in [1.165, 1.54) is 5.56 Å². The van der Waals surface area contributed by atoms with Crippen LogP contribution >= 0.6 is 0 Å². The average Bonchev–Trinajstić information content (AvgIpc) is 3.05. The zero-order valence-corrected chi connectivity index (χ0v) is 10.7. The molecule has 1 saturated carbocycles. The zero-order chi connectivity index (χ0) is 13.4. The minimum atomic E-state index is -0.830. The summed E-state index contributed by atoms with van der Waals surface area (Å²) in [6.07, 6.45) is 3.03. The number of benzene rings is 1. The summed E-state index contributed by atoms with van der Waals surface area (Å²) >= 11 is 0. The molecule has 19 heavy (non-hydrogen) atoms. The molecule has 0 aromatic heterocycles. The van der Waals surface area contributed by atoms with Crippen molar-refractivity contribution < 1.29 is 14.7 Å². The normalized spacial score (nSPS) is 25.4. The van der Waals surface area contributed by atoms with Crippen molar-refractivity contribution in [1.29, 1.82) is 0 Å². The second-order valence-electron chi connectivity index (χ2n) is 5.35. The topological polar surface area (TPSA) is 57.6 Å². The van der Waals surface area contributed by atoms with Gasteiger partial charge in [-0.25, -0.2) is 0 Å². The molecule has 3 rings (SSSR count). The maximum Gasteiger partial charge on any atom is 0.307 e. The summed E-state index contributed by atoms with van der Waals surface area (Å²) in [7, 11) is 0. The Morgan fingerprint density at radius 2 is 1.89 bits per heavy atom. The Balaban J connectivity index is 1.84. The lowest BCUT2D eigenvalue weighted by atomic mass is 9.94. The number of nitrogens with zero attached hydrogens (tertiary/aromatic N) is 1. The van der Waals surface area contributed by atoms with Gasteiger partial charge in [-0.15, -0.1) is 0 Å². The van der Waals surface area contributed by atoms with Crippen LogP contribution in [0.5, 0.6) is 0 Å². The first-order valence-corrected chi connectivity index (χ1v) is 6.80. The van der Waals surface area contributed by atoms with Crippen LogP contribution in [0.2, 0.25) is 0 Å². The van der Waals surface area contributed by atoms with E-state index in [9.17, 15) is 14.7 Å². The largest absolute Gasteiger partial charge is 0.481 e. The number of para-hydroxylation sites is 1. The Morgan fingerprint density at radius 3 is 2.68 bits per heavy atom. The lowest BCUT2D eigenvalue weighted by Gasteiger charge is -2.23. The molecule has 0 spiro atoms. The molecule has 1 aromatic carbocycles. The van der Waals surface area contributed by atoms with E-state index in [0.29, 0.717) is 19.4 Å². The van der Waals surface area contributed by atoms with Gasteiger partial charge in [-0.05, 0) is 30.9 Å². The maximum absolute atomic E-state index is 12.6. The number of fused-ring (bicyclic) bond motifs is 1. The van der Waals surface area contributed by atoms with Gasteiger partial charge in [0.05, 0.1) is 11.8 Å². The second kappa shape index (κ2) is 4.68. The van der Waals surface area contributed by atoms with Crippen LogP contribution in [0.4, 0.5) is 5.69 Å². The van der Waals surface area contributed by atoms with Crippen molar-refractivity contribution in [1.82, 2.24) is 0 Å². The number of anilines is 1. The van der Waals surface area contributed by atoms with E-state index in [4.69, 9.17) is 0 Å². The number of aliphatic carboxylic acids is 1. The molecular formula is C15H17NO3. The fourth-order valence-corrected chi connectivity index (χ4v) is 3.32. The number of hydrogen-bond donors (Lipinski definition) is 1. The molecule has 1 heterocycles. The summed E-state index contributed by atoms with van der Waals surface area (Å²) in [5, 5.41) is 9.20. The third kappa shape index (κ3) is 2.01. The van der Waals surface area contributed by atoms with Crippen LogP contribution in [-0.4, -0.2) is 23.5 Å². The molecule has 0 radical (unpaired) electrons. The van der Waals surface area contributed by atoms with E-state index in [1.807, 2.05) is 24.3 Å². The Hall–Kier alpha value is -1.84. The molecule has 1 aliphatic heterocycles. The SMILES string of the molecule is O=C(O)C1CCCC1C(=O)N1CCc2ccccc21. The van der Waals surface area contributed by atoms with E-state index >= 15 is 0 Å². The van der Waals surface area contributed by atoms with E-state index in [0.717, 1.165) is 18.5 Å². The van der Waals surface area contributed by atoms with E-state index < -0.39 is 11.9 Å². The highest BCUT2D eigenvalue weighted by molar-refractivity contribution is 5.99. The summed E-state index contributed by atoms with van der Waals surface area (Å²) < 4.78 is 0. The highest BCUT2D eigenvalue weighted by Crippen LogP contribution is 2.36. The fraction of sp³-hybridized carbons (Fsp3) is 0.467. The molecule has 1 aliphatic carbocycles. The number of carbonyl (C=O) groups excluding carboxylic acids is 1. The van der Waals surface area contributed by atoms with Gasteiger partial charge >= 0.3 is 5.97 Å². The average molecular weight is 259 g/mol. The number of rotatable bonds is 2. The molecule has 2 unspecified atom stereocenters. The molecule has 2 aliphatic rings. The summed E-state index contributed by atoms with van der Waals surface area (Å²) in [6.45, 7) is 0.682. The third-order valence-corrected chi connectivity index (χ3v) is 4.30. The quantitative estimate of drug-likeness (QED) is 0.884. The van der Waals surface area contributed by atoms with Crippen molar-refractivity contribution in [2.75, 3.05) is 11.4 Å². The van der Waals surface area contributed by atoms with Crippen molar-refractivity contribution in [3.8, 4) is 0 Å². The second-order valence-corrected chi connectivity index (χ2v) is 5.35. The first-order valence-electron chi connectivity index (χ1n) is 6.80. The highest BCUT2D eigenvalue weighted by atomic mass is 16.4. The van der Waals surface area contributed by atoms with Crippen molar-refractivity contribution in [2.45, 2.75) is 25.7 Å². The number of hydrogen-bond acceptors (Lipinski definition) is 2. The summed E-state index contributed by atoms with van der Waals surface area (Å²) in [4.78, 5) is 25.6. The van der Waals surface area contributed by atoms with Crippen molar-refractivity contribution in [3.63, 3.8) is 0 Å². The predicted molar refractivity (Wildman–Crippen MR) is 71.0 cm³/mol. The molecular weight excluding hydrogens is 242 g/mol. The van der Waals surface area contributed by atoms with Gasteiger partial charge in [0.25, 0.3) is 0 Å². The third-order valence-electron chi connectivity index (χ3n) is 4.30. The smallest absolute Gasteiger partial charge is 0.307 e. The number of carboxylic acid groups (broad SMARTS) is 1. The predicted octanol–water partition coefficient (Wildman–Crippen LogP) is 2.08. The minimum absolute atomic E-state index is 0.00477. The van der Waals surface area contributed by atoms with Gasteiger partial charge in [-0.2, -0.15) is 0 Å². The number of carbonyl (C=O) groups is 2. The van der Waals surface area contributed by atoms with Crippen LogP contribution in [0, 0.1) is 11.8 Å². The van der Waals surface area contributed by atoms with E-state index in [-0.39, 0.29) is 11.8 Å². The highest BCUT2D eigenvalue weighted by Gasteiger charge is 2.41. The van der Waals surface area contributed by atoms with E-state index in [1.54, 1.807) is 4.90 Å². The Kier molecular flexibility index (Phi) is 3.01. The van der Waals surface area contributed by atoms with Crippen LogP contribution < -0.4 is 4.90 Å². The fourth-order valence-electron chi connectivity index (χ4n) is 3.32. The van der Waals surface area contributed by atoms with Crippen LogP contribution in [0.3, 0.4) is 0 Å². The van der Waals surface area contributed by atoms with Crippen LogP contribution in [0.25, 0.3) is 0 Å². The number of amides is 1. The van der Waals surface area contributed by atoms with Crippen LogP contribution in [0.1, 0.15) is 24.8 Å². The molecule has 0 saturated heterocycles. The Bertz CT molecular complexity index is 526. The van der Waals surface area contributed by atoms with Gasteiger partial charge in [0.1, 0.15) is 0 Å². The van der Waals surface area contributed by atoms with Gasteiger partial charge in [-0.3, -0.25) is 9.59 Å². The van der Waals surface area contributed by atoms with Gasteiger partial charge in [-0.1, -0.05) is 24.6 Å². The zero-order valence-electron chi connectivity index (χ0n) is 10.7. The van der Waals surface area contributed by atoms with E-state index in [2.05, 4.69) is 0 Å². The van der Waals surface area contributed by atoms with Crippen LogP contribution in [0.15, 0.2) is 24.3 Å². The molecule has 1 amide bonds. The van der Waals surface area contributed by atoms with Crippen LogP contribution in [-0.2, 0) is 16.0 Å². The molecule has 1 fully saturated rings. The van der Waals surface area contributed by atoms with Gasteiger partial charge < -0.3 is 10.0 Å². The summed E-state index contributed by atoms with van der Waals surface area (Å²) in [5.41, 5.74) is 2.14. The summed E-state index contributed by atoms with van der Waals surface area (Å²) in [6, 6.07) is 7.88. The lowest BCUT2D eigenvalue weighted by Crippen LogP contribution is -2.38. The molecule has 4 nitrogen and oxygen atoms in total. The molecule has 1 aromatic rings. The number of carboxylic acids is 1. The van der Waals surface area contributed by atoms with Gasteiger partial charge in [0.15, 0.2) is 0 Å². The first-order chi connectivity index (χ1) is 9.18. The molecule has 1 N–H and O–H groups in total. The lowest BCUT2D eigenvalue weighted by molar-refractivity contribution is -0.145. The first kappa shape index (κ1) is 12.2. The molecule has 100 valence electrons. The molecule has 4 heteroatoms. The van der Waals surface area contributed by atoms with Gasteiger partial charge in [0, 0.05) is 12.2 Å². The van der Waals surface area contributed by atoms with Crippen molar-refractivity contribution in [2.24, 2.45) is 11.8 Å². The standard InChI is InChI=1S/C15H17NO3/c17-14(11-5-3-6-12(11)15(18)19)16-9-8-10-4-1-2-7-13(10)16/h1-2,4,7,11-12H,3,5-6,8-9H2,(H,18,19). The maximum atomic E-state index is 12.6. The molecule has 0 bridgehead atoms.